The second kappa shape index (κ2) is 16.0. The average Bonchev–Trinajstić information content (AvgIpc) is 4.04. The van der Waals surface area contributed by atoms with Crippen molar-refractivity contribution in [1.82, 2.24) is 19.1 Å². The predicted octanol–water partition coefficient (Wildman–Crippen LogP) is 17.3. The van der Waals surface area contributed by atoms with Gasteiger partial charge in [-0.3, -0.25) is 0 Å². The van der Waals surface area contributed by atoms with Crippen molar-refractivity contribution >= 4 is 43.6 Å². The van der Waals surface area contributed by atoms with Gasteiger partial charge in [0.05, 0.1) is 33.5 Å². The third-order valence-electron chi connectivity index (χ3n) is 14.9. The lowest BCUT2D eigenvalue weighted by atomic mass is 9.81. The molecule has 0 unspecified atom stereocenters. The van der Waals surface area contributed by atoms with Gasteiger partial charge in [0, 0.05) is 55.0 Å². The fourth-order valence-electron chi connectivity index (χ4n) is 11.4. The summed E-state index contributed by atoms with van der Waals surface area (Å²) in [7, 11) is 0. The van der Waals surface area contributed by atoms with Crippen LogP contribution in [0, 0.1) is 0 Å². The van der Waals surface area contributed by atoms with E-state index < -0.39 is 0 Å². The van der Waals surface area contributed by atoms with Crippen LogP contribution < -0.4 is 0 Å². The fraction of sp³-hybridized carbons (Fsp3) is 0.0448. The van der Waals surface area contributed by atoms with Crippen LogP contribution in [0.5, 0.6) is 0 Å². The van der Waals surface area contributed by atoms with Gasteiger partial charge in [0.2, 0.25) is 0 Å². The van der Waals surface area contributed by atoms with Crippen LogP contribution in [0.15, 0.2) is 243 Å². The Kier molecular flexibility index (Phi) is 9.21. The van der Waals surface area contributed by atoms with Crippen LogP contribution in [-0.4, -0.2) is 19.1 Å². The maximum atomic E-state index is 5.48. The number of fused-ring (bicyclic) bond motifs is 9. The Labute approximate surface area is 412 Å². The van der Waals surface area contributed by atoms with E-state index >= 15 is 0 Å². The second-order valence-corrected chi connectivity index (χ2v) is 19.4. The molecule has 3 aromatic heterocycles. The van der Waals surface area contributed by atoms with Crippen molar-refractivity contribution < 1.29 is 0 Å². The molecule has 10 aromatic carbocycles. The van der Waals surface area contributed by atoms with Gasteiger partial charge in [-0.05, 0) is 129 Å². The van der Waals surface area contributed by atoms with E-state index in [2.05, 4.69) is 266 Å². The van der Waals surface area contributed by atoms with Gasteiger partial charge in [-0.2, -0.15) is 0 Å². The fourth-order valence-corrected chi connectivity index (χ4v) is 11.4. The first-order valence-electron chi connectivity index (χ1n) is 24.5. The van der Waals surface area contributed by atoms with Crippen molar-refractivity contribution in [2.75, 3.05) is 0 Å². The third-order valence-corrected chi connectivity index (χ3v) is 14.9. The summed E-state index contributed by atoms with van der Waals surface area (Å²) in [5, 5.41) is 4.92. The molecule has 0 atom stereocenters. The van der Waals surface area contributed by atoms with Gasteiger partial charge < -0.3 is 9.13 Å². The maximum absolute atomic E-state index is 5.48. The molecule has 1 aliphatic rings. The topological polar surface area (TPSA) is 35.6 Å². The Balaban J connectivity index is 0.956. The molecule has 0 spiro atoms. The van der Waals surface area contributed by atoms with Crippen molar-refractivity contribution in [2.45, 2.75) is 19.3 Å². The molecule has 3 heterocycles. The van der Waals surface area contributed by atoms with Gasteiger partial charge in [-0.1, -0.05) is 172 Å². The minimum atomic E-state index is -0.139. The second-order valence-electron chi connectivity index (χ2n) is 19.4. The number of hydrogen-bond donors (Lipinski definition) is 0. The number of para-hydroxylation sites is 4. The van der Waals surface area contributed by atoms with Crippen molar-refractivity contribution in [3.8, 4) is 78.7 Å². The summed E-state index contributed by atoms with van der Waals surface area (Å²) >= 11 is 0. The molecule has 0 amide bonds. The minimum Gasteiger partial charge on any atom is -0.309 e. The van der Waals surface area contributed by atoms with Crippen LogP contribution in [0.2, 0.25) is 0 Å². The van der Waals surface area contributed by atoms with E-state index in [-0.39, 0.29) is 5.41 Å². The zero-order valence-electron chi connectivity index (χ0n) is 39.4. The van der Waals surface area contributed by atoms with Gasteiger partial charge >= 0.3 is 0 Å². The summed E-state index contributed by atoms with van der Waals surface area (Å²) in [4.78, 5) is 10.9. The Morgan fingerprint density at radius 1 is 0.296 bits per heavy atom. The molecule has 0 radical (unpaired) electrons. The van der Waals surface area contributed by atoms with Crippen LogP contribution in [0.25, 0.3) is 122 Å². The van der Waals surface area contributed by atoms with Crippen LogP contribution >= 0.6 is 0 Å². The van der Waals surface area contributed by atoms with Crippen LogP contribution in [-0.2, 0) is 5.41 Å². The smallest absolute Gasteiger partial charge is 0.160 e. The van der Waals surface area contributed by atoms with Gasteiger partial charge in [0.25, 0.3) is 0 Å². The van der Waals surface area contributed by atoms with E-state index in [9.17, 15) is 0 Å². The molecule has 0 fully saturated rings. The zero-order valence-corrected chi connectivity index (χ0v) is 39.4. The molecule has 4 heteroatoms. The lowest BCUT2D eigenvalue weighted by Crippen LogP contribution is -2.14. The largest absolute Gasteiger partial charge is 0.309 e. The van der Waals surface area contributed by atoms with E-state index in [1.165, 1.54) is 65.9 Å². The molecule has 14 rings (SSSR count). The van der Waals surface area contributed by atoms with E-state index in [1.807, 2.05) is 0 Å². The molecular formula is C67H46N4. The molecule has 0 bridgehead atoms. The van der Waals surface area contributed by atoms with Crippen molar-refractivity contribution in [3.05, 3.63) is 254 Å². The summed E-state index contributed by atoms with van der Waals surface area (Å²) in [6, 6.07) is 87.9. The number of aromatic nitrogens is 4. The average molecular weight is 907 g/mol. The predicted molar refractivity (Wildman–Crippen MR) is 295 cm³/mol. The quantitative estimate of drug-likeness (QED) is 0.160. The molecular weight excluding hydrogens is 861 g/mol. The first-order chi connectivity index (χ1) is 34.9. The van der Waals surface area contributed by atoms with Crippen molar-refractivity contribution in [1.29, 1.82) is 0 Å². The van der Waals surface area contributed by atoms with Crippen molar-refractivity contribution in [3.63, 3.8) is 0 Å². The Bertz CT molecular complexity index is 4180. The van der Waals surface area contributed by atoms with Gasteiger partial charge in [0.1, 0.15) is 0 Å². The lowest BCUT2D eigenvalue weighted by molar-refractivity contribution is 0.660. The monoisotopic (exact) mass is 906 g/mol. The van der Waals surface area contributed by atoms with Gasteiger partial charge in [-0.25, -0.2) is 9.97 Å². The Hall–Kier alpha value is -9.12. The molecule has 0 aliphatic heterocycles. The van der Waals surface area contributed by atoms with E-state index in [0.29, 0.717) is 5.82 Å². The van der Waals surface area contributed by atoms with E-state index in [4.69, 9.17) is 9.97 Å². The van der Waals surface area contributed by atoms with Crippen LogP contribution in [0.4, 0.5) is 0 Å². The molecule has 1 aliphatic carbocycles. The Morgan fingerprint density at radius 3 is 1.39 bits per heavy atom. The van der Waals surface area contributed by atoms with E-state index in [1.54, 1.807) is 0 Å². The highest BCUT2D eigenvalue weighted by Gasteiger charge is 2.35. The summed E-state index contributed by atoms with van der Waals surface area (Å²) in [6.07, 6.45) is 0. The molecule has 0 saturated carbocycles. The zero-order chi connectivity index (χ0) is 47.2. The summed E-state index contributed by atoms with van der Waals surface area (Å²) in [5.74, 6) is 0.673. The lowest BCUT2D eigenvalue weighted by Gasteiger charge is -2.22. The first kappa shape index (κ1) is 40.9. The highest BCUT2D eigenvalue weighted by molar-refractivity contribution is 6.11. The highest BCUT2D eigenvalue weighted by Crippen LogP contribution is 2.50. The minimum absolute atomic E-state index is 0.139. The Morgan fingerprint density at radius 2 is 0.746 bits per heavy atom. The van der Waals surface area contributed by atoms with Gasteiger partial charge in [-0.15, -0.1) is 0 Å². The standard InChI is InChI=1S/C67H46N4/c1-67(2)58-25-13-9-21-52(58)53-35-31-46(41-59(53)67)48-37-47(45-32-36-65-57(40-45)56-24-12-16-28-64(56)70(65)50-19-7-4-8-20-50)38-49(39-48)66-68-60(43-17-5-3-6-18-43)42-61(69-66)44-29-33-51(34-30-44)71-62-26-14-10-22-54(62)55-23-11-15-27-63(55)71/h3-42H,1-2H3. The molecule has 13 aromatic rings. The third kappa shape index (κ3) is 6.60. The normalized spacial score (nSPS) is 12.8. The molecule has 4 nitrogen and oxygen atoms in total. The molecule has 334 valence electrons. The summed E-state index contributed by atoms with van der Waals surface area (Å²) in [6.45, 7) is 4.70. The number of benzene rings is 10. The molecule has 0 N–H and O–H groups in total. The summed E-state index contributed by atoms with van der Waals surface area (Å²) < 4.78 is 4.73. The number of rotatable bonds is 7. The number of nitrogens with zero attached hydrogens (tertiary/aromatic N) is 4. The first-order valence-corrected chi connectivity index (χ1v) is 24.5. The van der Waals surface area contributed by atoms with Crippen molar-refractivity contribution in [2.24, 2.45) is 0 Å². The highest BCUT2D eigenvalue weighted by atomic mass is 15.0. The molecule has 0 saturated heterocycles. The summed E-state index contributed by atoms with van der Waals surface area (Å²) in [5.41, 5.74) is 21.4. The maximum Gasteiger partial charge on any atom is 0.160 e. The van der Waals surface area contributed by atoms with E-state index in [0.717, 1.165) is 61.7 Å². The van der Waals surface area contributed by atoms with Crippen LogP contribution in [0.1, 0.15) is 25.0 Å². The van der Waals surface area contributed by atoms with Crippen LogP contribution in [0.3, 0.4) is 0 Å². The van der Waals surface area contributed by atoms with Gasteiger partial charge in [0.15, 0.2) is 5.82 Å². The SMILES string of the molecule is CC1(C)c2ccccc2-c2ccc(-c3cc(-c4ccc5c(c4)c4ccccc4n5-c4ccccc4)cc(-c4nc(-c5ccccc5)cc(-c5ccc(-n6c7ccccc7c7ccccc76)cc5)n4)c3)cc21. The molecule has 71 heavy (non-hydrogen) atoms. The number of hydrogen-bond acceptors (Lipinski definition) is 2.